The van der Waals surface area contributed by atoms with Crippen LogP contribution in [0.4, 0.5) is 0 Å². The molecule has 0 saturated carbocycles. The number of nitrogens with one attached hydrogen (secondary N) is 1. The van der Waals surface area contributed by atoms with Crippen LogP contribution in [0.1, 0.15) is 63.6 Å². The minimum absolute atomic E-state index is 0. The number of benzene rings is 1. The first-order valence-electron chi connectivity index (χ1n) is 10.7. The van der Waals surface area contributed by atoms with Crippen LogP contribution in [-0.4, -0.2) is 46.6 Å². The lowest BCUT2D eigenvalue weighted by Gasteiger charge is -2.29. The Bertz CT molecular complexity index is 833. The van der Waals surface area contributed by atoms with Crippen molar-refractivity contribution in [2.75, 3.05) is 13.1 Å². The summed E-state index contributed by atoms with van der Waals surface area (Å²) >= 11 is 0. The first kappa shape index (κ1) is 22.8. The molecule has 3 aliphatic heterocycles. The van der Waals surface area contributed by atoms with E-state index in [-0.39, 0.29) is 59.4 Å². The van der Waals surface area contributed by atoms with Crippen molar-refractivity contribution in [3.63, 3.8) is 0 Å². The molecule has 1 aromatic carbocycles. The van der Waals surface area contributed by atoms with Crippen LogP contribution >= 0.6 is 12.4 Å². The number of carbonyl (C=O) groups is 2. The summed E-state index contributed by atoms with van der Waals surface area (Å²) in [6.45, 7) is 8.03. The van der Waals surface area contributed by atoms with Gasteiger partial charge in [-0.2, -0.15) is 0 Å². The zero-order valence-corrected chi connectivity index (χ0v) is 18.9. The van der Waals surface area contributed by atoms with Crippen LogP contribution in [-0.2, 0) is 9.59 Å². The van der Waals surface area contributed by atoms with Gasteiger partial charge in [-0.15, -0.1) is 12.4 Å². The van der Waals surface area contributed by atoms with Crippen LogP contribution in [0.25, 0.3) is 0 Å². The normalized spacial score (nSPS) is 28.4. The highest BCUT2D eigenvalue weighted by molar-refractivity contribution is 6.06. The van der Waals surface area contributed by atoms with Crippen LogP contribution < -0.4 is 5.73 Å². The highest BCUT2D eigenvalue weighted by Crippen LogP contribution is 2.53. The number of likely N-dealkylation sites (tertiary alicyclic amines) is 1. The van der Waals surface area contributed by atoms with E-state index in [1.165, 1.54) is 0 Å². The number of imide groups is 1. The predicted molar refractivity (Wildman–Crippen MR) is 120 cm³/mol. The average Bonchev–Trinajstić information content (AvgIpc) is 3.29. The summed E-state index contributed by atoms with van der Waals surface area (Å²) in [6.07, 6.45) is 3.90. The molecule has 6 nitrogen and oxygen atoms in total. The quantitative estimate of drug-likeness (QED) is 0.424. The molecule has 7 heteroatoms. The molecule has 164 valence electrons. The van der Waals surface area contributed by atoms with E-state index in [9.17, 15) is 9.59 Å². The minimum atomic E-state index is -0.286. The molecule has 3 saturated heterocycles. The molecule has 0 aliphatic carbocycles. The van der Waals surface area contributed by atoms with E-state index in [1.807, 2.05) is 24.3 Å². The Kier molecular flexibility index (Phi) is 6.30. The largest absolute Gasteiger partial charge is 0.384 e. The lowest BCUT2D eigenvalue weighted by molar-refractivity contribution is -0.141. The van der Waals surface area contributed by atoms with Gasteiger partial charge in [0.05, 0.1) is 11.8 Å². The fourth-order valence-electron chi connectivity index (χ4n) is 5.51. The first-order chi connectivity index (χ1) is 13.7. The zero-order valence-electron chi connectivity index (χ0n) is 18.1. The third-order valence-corrected chi connectivity index (χ3v) is 6.82. The fraction of sp³-hybridized carbons (Fsp3) is 0.609. The number of hydrogen-bond donors (Lipinski definition) is 2. The van der Waals surface area contributed by atoms with E-state index in [0.29, 0.717) is 12.1 Å². The van der Waals surface area contributed by atoms with Gasteiger partial charge >= 0.3 is 0 Å². The summed E-state index contributed by atoms with van der Waals surface area (Å²) in [7, 11) is 0. The van der Waals surface area contributed by atoms with E-state index in [0.717, 1.165) is 37.8 Å². The number of amidine groups is 1. The van der Waals surface area contributed by atoms with Gasteiger partial charge in [0.25, 0.3) is 0 Å². The fourth-order valence-corrected chi connectivity index (χ4v) is 5.51. The summed E-state index contributed by atoms with van der Waals surface area (Å²) < 4.78 is 0. The number of halogens is 1. The van der Waals surface area contributed by atoms with Crippen molar-refractivity contribution in [2.24, 2.45) is 23.0 Å². The van der Waals surface area contributed by atoms with E-state index >= 15 is 0 Å². The van der Waals surface area contributed by atoms with Crippen LogP contribution in [0.3, 0.4) is 0 Å². The molecule has 0 radical (unpaired) electrons. The summed E-state index contributed by atoms with van der Waals surface area (Å²) in [6, 6.07) is 7.74. The Morgan fingerprint density at radius 3 is 2.37 bits per heavy atom. The third kappa shape index (κ3) is 3.87. The molecule has 3 N–H and O–H groups in total. The van der Waals surface area contributed by atoms with Crippen LogP contribution in [0.15, 0.2) is 24.3 Å². The standard InChI is InChI=1S/C23H32N4O2.ClH/c1-23(2,3)11-5-13-27-21(28)17-16-6-4-12-26(16)19(18(17)22(27)29)14-7-9-15(10-8-14)20(24)25;/h7-10,16-19H,4-6,11-13H2,1-3H3,(H3,24,25);1H/t16-,17-,18-,19-;/m0./s1. The van der Waals surface area contributed by atoms with Gasteiger partial charge in [0.1, 0.15) is 5.84 Å². The molecule has 4 atom stereocenters. The van der Waals surface area contributed by atoms with Gasteiger partial charge in [0.2, 0.25) is 11.8 Å². The monoisotopic (exact) mass is 432 g/mol. The van der Waals surface area contributed by atoms with Gasteiger partial charge in [-0.1, -0.05) is 45.0 Å². The smallest absolute Gasteiger partial charge is 0.235 e. The molecule has 3 aliphatic rings. The number of hydrogen-bond acceptors (Lipinski definition) is 4. The van der Waals surface area contributed by atoms with Gasteiger partial charge < -0.3 is 5.73 Å². The maximum Gasteiger partial charge on any atom is 0.235 e. The number of nitrogens with two attached hydrogens (primary N) is 1. The molecule has 0 unspecified atom stereocenters. The molecule has 0 aromatic heterocycles. The van der Waals surface area contributed by atoms with Gasteiger partial charge in [0.15, 0.2) is 0 Å². The average molecular weight is 433 g/mol. The maximum atomic E-state index is 13.4. The van der Waals surface area contributed by atoms with Crippen molar-refractivity contribution in [1.29, 1.82) is 5.41 Å². The van der Waals surface area contributed by atoms with Gasteiger partial charge in [0, 0.05) is 24.2 Å². The Morgan fingerprint density at radius 1 is 1.13 bits per heavy atom. The van der Waals surface area contributed by atoms with Crippen molar-refractivity contribution in [3.05, 3.63) is 35.4 Å². The van der Waals surface area contributed by atoms with Crippen LogP contribution in [0.5, 0.6) is 0 Å². The Hall–Kier alpha value is -1.92. The van der Waals surface area contributed by atoms with Gasteiger partial charge in [-0.05, 0) is 43.2 Å². The second-order valence-electron chi connectivity index (χ2n) is 9.97. The Labute approximate surface area is 185 Å². The summed E-state index contributed by atoms with van der Waals surface area (Å²) in [4.78, 5) is 30.5. The SMILES string of the molecule is CC(C)(C)CCCN1C(=O)[C@@H]2[C@H](C1=O)[C@H](c1ccc(C(=N)N)cc1)N1CCC[C@@H]21.Cl. The van der Waals surface area contributed by atoms with Crippen LogP contribution in [0, 0.1) is 22.7 Å². The molecule has 0 bridgehead atoms. The van der Waals surface area contributed by atoms with Crippen molar-refractivity contribution in [2.45, 2.75) is 58.5 Å². The van der Waals surface area contributed by atoms with Crippen LogP contribution in [0.2, 0.25) is 0 Å². The highest BCUT2D eigenvalue weighted by Gasteiger charge is 2.62. The van der Waals surface area contributed by atoms with Gasteiger partial charge in [-0.3, -0.25) is 24.8 Å². The number of rotatable bonds is 5. The second kappa shape index (κ2) is 8.31. The zero-order chi connectivity index (χ0) is 20.9. The molecule has 3 heterocycles. The Morgan fingerprint density at radius 2 is 1.77 bits per heavy atom. The van der Waals surface area contributed by atoms with E-state index in [4.69, 9.17) is 11.1 Å². The van der Waals surface area contributed by atoms with Gasteiger partial charge in [-0.25, -0.2) is 0 Å². The number of carbonyl (C=O) groups excluding carboxylic acids is 2. The topological polar surface area (TPSA) is 90.5 Å². The number of amides is 2. The van der Waals surface area contributed by atoms with Crippen molar-refractivity contribution in [1.82, 2.24) is 9.80 Å². The van der Waals surface area contributed by atoms with E-state index in [2.05, 4.69) is 25.7 Å². The number of nitrogen functional groups attached to an aromatic ring is 1. The molecule has 3 fully saturated rings. The van der Waals surface area contributed by atoms with E-state index < -0.39 is 0 Å². The minimum Gasteiger partial charge on any atom is -0.384 e. The molecule has 30 heavy (non-hydrogen) atoms. The van der Waals surface area contributed by atoms with Crippen molar-refractivity contribution in [3.8, 4) is 0 Å². The summed E-state index contributed by atoms with van der Waals surface area (Å²) in [5, 5.41) is 7.61. The predicted octanol–water partition coefficient (Wildman–Crippen LogP) is 3.34. The summed E-state index contributed by atoms with van der Waals surface area (Å²) in [5.41, 5.74) is 7.52. The highest BCUT2D eigenvalue weighted by atomic mass is 35.5. The molecule has 1 aromatic rings. The second-order valence-corrected chi connectivity index (χ2v) is 9.97. The molecule has 2 amide bonds. The third-order valence-electron chi connectivity index (χ3n) is 6.82. The summed E-state index contributed by atoms with van der Waals surface area (Å²) in [5.74, 6) is -0.419. The number of nitrogens with zero attached hydrogens (tertiary/aromatic N) is 2. The lowest BCUT2D eigenvalue weighted by atomic mass is 9.85. The van der Waals surface area contributed by atoms with Crippen molar-refractivity contribution < 1.29 is 9.59 Å². The molecule has 0 spiro atoms. The van der Waals surface area contributed by atoms with Crippen molar-refractivity contribution >= 4 is 30.1 Å². The molecule has 4 rings (SSSR count). The Balaban J connectivity index is 0.00000256. The maximum absolute atomic E-state index is 13.4. The number of fused-ring (bicyclic) bond motifs is 3. The van der Waals surface area contributed by atoms with E-state index in [1.54, 1.807) is 4.90 Å². The molecular formula is C23H33ClN4O2. The first-order valence-corrected chi connectivity index (χ1v) is 10.7. The molecular weight excluding hydrogens is 400 g/mol. The lowest BCUT2D eigenvalue weighted by Crippen LogP contribution is -2.39.